The van der Waals surface area contributed by atoms with Gasteiger partial charge in [0, 0.05) is 5.69 Å². The fraction of sp³-hybridized carbons (Fsp3) is 0.188. The van der Waals surface area contributed by atoms with E-state index in [1.54, 1.807) is 42.5 Å². The lowest BCUT2D eigenvalue weighted by Crippen LogP contribution is -2.27. The fourth-order valence-corrected chi connectivity index (χ4v) is 2.77. The van der Waals surface area contributed by atoms with Crippen LogP contribution in [-0.4, -0.2) is 27.7 Å². The first-order valence-electron chi connectivity index (χ1n) is 7.07. The summed E-state index contributed by atoms with van der Waals surface area (Å²) in [5.41, 5.74) is 6.97. The van der Waals surface area contributed by atoms with E-state index in [1.165, 1.54) is 7.11 Å². The minimum absolute atomic E-state index is 0.265. The minimum atomic E-state index is -3.47. The molecule has 1 atom stereocenters. The maximum Gasteiger partial charge on any atom is 0.244 e. The second kappa shape index (κ2) is 7.22. The summed E-state index contributed by atoms with van der Waals surface area (Å²) in [7, 11) is -2.04. The van der Waals surface area contributed by atoms with E-state index < -0.39 is 22.0 Å². The number of benzene rings is 2. The Hall–Kier alpha value is -2.74. The van der Waals surface area contributed by atoms with Gasteiger partial charge in [0.2, 0.25) is 15.9 Å². The average Bonchev–Trinajstić information content (AvgIpc) is 2.52. The van der Waals surface area contributed by atoms with Gasteiger partial charge in [0.25, 0.3) is 0 Å². The van der Waals surface area contributed by atoms with Gasteiger partial charge in [0.05, 0.1) is 19.1 Å². The lowest BCUT2D eigenvalue weighted by atomic mass is 10.1. The highest BCUT2D eigenvalue weighted by Gasteiger charge is 2.18. The Morgan fingerprint density at radius 3 is 2.38 bits per heavy atom. The number of anilines is 2. The summed E-state index contributed by atoms with van der Waals surface area (Å²) < 4.78 is 30.5. The molecule has 128 valence electrons. The summed E-state index contributed by atoms with van der Waals surface area (Å²) in [5.74, 6) is -0.184. The fourth-order valence-electron chi connectivity index (χ4n) is 2.21. The van der Waals surface area contributed by atoms with Crippen molar-refractivity contribution >= 4 is 27.3 Å². The Labute approximate surface area is 140 Å². The van der Waals surface area contributed by atoms with E-state index >= 15 is 0 Å². The first-order chi connectivity index (χ1) is 11.3. The van der Waals surface area contributed by atoms with Crippen LogP contribution in [0.5, 0.6) is 5.75 Å². The smallest absolute Gasteiger partial charge is 0.244 e. The van der Waals surface area contributed by atoms with E-state index in [0.29, 0.717) is 17.0 Å². The van der Waals surface area contributed by atoms with Gasteiger partial charge < -0.3 is 15.8 Å². The molecular weight excluding hydrogens is 330 g/mol. The first kappa shape index (κ1) is 17.6. The number of hydrogen-bond donors (Lipinski definition) is 3. The zero-order valence-electron chi connectivity index (χ0n) is 13.3. The standard InChI is InChI=1S/C16H19N3O4S/c1-23-14-9-8-12(10-13(14)19-24(2,21)22)18-15(16(17)20)11-6-4-3-5-7-11/h3-10,15,18-19H,1-2H3,(H2,17,20)/t15-/m0/s1. The third-order valence-corrected chi connectivity index (χ3v) is 3.81. The van der Waals surface area contributed by atoms with Crippen molar-refractivity contribution in [2.45, 2.75) is 6.04 Å². The molecule has 2 rings (SSSR count). The molecule has 0 heterocycles. The molecule has 0 fully saturated rings. The molecule has 1 amide bonds. The van der Waals surface area contributed by atoms with Crippen LogP contribution in [-0.2, 0) is 14.8 Å². The van der Waals surface area contributed by atoms with Crippen LogP contribution < -0.4 is 20.5 Å². The highest BCUT2D eigenvalue weighted by atomic mass is 32.2. The number of ether oxygens (including phenoxy) is 1. The van der Waals surface area contributed by atoms with E-state index in [1.807, 2.05) is 6.07 Å². The Kier molecular flexibility index (Phi) is 5.30. The SMILES string of the molecule is COc1ccc(N[C@H](C(N)=O)c2ccccc2)cc1NS(C)(=O)=O. The quantitative estimate of drug-likeness (QED) is 0.705. The van der Waals surface area contributed by atoms with Crippen LogP contribution in [0.25, 0.3) is 0 Å². The summed E-state index contributed by atoms with van der Waals surface area (Å²) in [6, 6.07) is 13.1. The third kappa shape index (κ3) is 4.63. The van der Waals surface area contributed by atoms with Gasteiger partial charge in [-0.1, -0.05) is 30.3 Å². The molecule has 0 aliphatic rings. The molecule has 7 nitrogen and oxygen atoms in total. The van der Waals surface area contributed by atoms with Crippen molar-refractivity contribution in [2.75, 3.05) is 23.4 Å². The van der Waals surface area contributed by atoms with Gasteiger partial charge in [0.15, 0.2) is 0 Å². The molecule has 0 unspecified atom stereocenters. The Morgan fingerprint density at radius 2 is 1.83 bits per heavy atom. The molecule has 0 saturated heterocycles. The van der Waals surface area contributed by atoms with Crippen LogP contribution >= 0.6 is 0 Å². The Morgan fingerprint density at radius 1 is 1.17 bits per heavy atom. The maximum atomic E-state index is 11.8. The average molecular weight is 349 g/mol. The van der Waals surface area contributed by atoms with E-state index in [0.717, 1.165) is 6.26 Å². The summed E-state index contributed by atoms with van der Waals surface area (Å²) in [6.07, 6.45) is 1.04. The van der Waals surface area contributed by atoms with Crippen LogP contribution in [0.4, 0.5) is 11.4 Å². The number of hydrogen-bond acceptors (Lipinski definition) is 5. The molecule has 0 bridgehead atoms. The number of sulfonamides is 1. The maximum absolute atomic E-state index is 11.8. The molecule has 0 radical (unpaired) electrons. The van der Waals surface area contributed by atoms with Gasteiger partial charge in [-0.25, -0.2) is 8.42 Å². The summed E-state index contributed by atoms with van der Waals surface area (Å²) in [5, 5.41) is 3.01. The number of amides is 1. The van der Waals surface area contributed by atoms with Crippen LogP contribution in [0.2, 0.25) is 0 Å². The van der Waals surface area contributed by atoms with Crippen LogP contribution in [0.1, 0.15) is 11.6 Å². The van der Waals surface area contributed by atoms with E-state index in [-0.39, 0.29) is 5.69 Å². The monoisotopic (exact) mass is 349 g/mol. The van der Waals surface area contributed by atoms with Crippen LogP contribution in [0.3, 0.4) is 0 Å². The number of carbonyl (C=O) groups is 1. The number of rotatable bonds is 7. The van der Waals surface area contributed by atoms with Crippen molar-refractivity contribution in [2.24, 2.45) is 5.73 Å². The zero-order valence-corrected chi connectivity index (χ0v) is 14.1. The van der Waals surface area contributed by atoms with Crippen molar-refractivity contribution < 1.29 is 17.9 Å². The van der Waals surface area contributed by atoms with Crippen molar-refractivity contribution in [1.29, 1.82) is 0 Å². The number of carbonyl (C=O) groups excluding carboxylic acids is 1. The molecule has 0 saturated carbocycles. The molecule has 2 aromatic rings. The molecule has 2 aromatic carbocycles. The van der Waals surface area contributed by atoms with Gasteiger partial charge in [-0.2, -0.15) is 0 Å². The van der Waals surface area contributed by atoms with Gasteiger partial charge in [0.1, 0.15) is 11.8 Å². The van der Waals surface area contributed by atoms with Crippen molar-refractivity contribution in [3.63, 3.8) is 0 Å². The largest absolute Gasteiger partial charge is 0.495 e. The van der Waals surface area contributed by atoms with Gasteiger partial charge >= 0.3 is 0 Å². The van der Waals surface area contributed by atoms with Crippen molar-refractivity contribution in [3.8, 4) is 5.75 Å². The van der Waals surface area contributed by atoms with Crippen LogP contribution in [0, 0.1) is 0 Å². The number of nitrogens with one attached hydrogen (secondary N) is 2. The predicted octanol–water partition coefficient (Wildman–Crippen LogP) is 1.71. The molecule has 8 heteroatoms. The van der Waals surface area contributed by atoms with Gasteiger partial charge in [-0.3, -0.25) is 9.52 Å². The van der Waals surface area contributed by atoms with E-state index in [4.69, 9.17) is 10.5 Å². The van der Waals surface area contributed by atoms with Crippen molar-refractivity contribution in [1.82, 2.24) is 0 Å². The normalized spacial score (nSPS) is 12.2. The Balaban J connectivity index is 2.34. The van der Waals surface area contributed by atoms with Gasteiger partial charge in [-0.05, 0) is 23.8 Å². The molecule has 0 spiro atoms. The summed E-state index contributed by atoms with van der Waals surface area (Å²) >= 11 is 0. The summed E-state index contributed by atoms with van der Waals surface area (Å²) in [6.45, 7) is 0. The second-order valence-corrected chi connectivity index (χ2v) is 6.93. The highest BCUT2D eigenvalue weighted by Crippen LogP contribution is 2.30. The topological polar surface area (TPSA) is 111 Å². The third-order valence-electron chi connectivity index (χ3n) is 3.22. The lowest BCUT2D eigenvalue weighted by molar-refractivity contribution is -0.118. The molecule has 0 aliphatic carbocycles. The van der Waals surface area contributed by atoms with Gasteiger partial charge in [-0.15, -0.1) is 0 Å². The summed E-state index contributed by atoms with van der Waals surface area (Å²) in [4.78, 5) is 11.8. The number of methoxy groups -OCH3 is 1. The molecule has 24 heavy (non-hydrogen) atoms. The molecule has 0 aliphatic heterocycles. The molecule has 4 N–H and O–H groups in total. The number of primary amides is 1. The van der Waals surface area contributed by atoms with Crippen molar-refractivity contribution in [3.05, 3.63) is 54.1 Å². The van der Waals surface area contributed by atoms with Crippen LogP contribution in [0.15, 0.2) is 48.5 Å². The molecular formula is C16H19N3O4S. The zero-order chi connectivity index (χ0) is 17.7. The Bertz CT molecular complexity index is 822. The first-order valence-corrected chi connectivity index (χ1v) is 8.96. The minimum Gasteiger partial charge on any atom is -0.495 e. The molecule has 0 aromatic heterocycles. The predicted molar refractivity (Wildman–Crippen MR) is 93.5 cm³/mol. The second-order valence-electron chi connectivity index (χ2n) is 5.18. The number of nitrogens with two attached hydrogens (primary N) is 1. The van der Waals surface area contributed by atoms with E-state index in [9.17, 15) is 13.2 Å². The highest BCUT2D eigenvalue weighted by molar-refractivity contribution is 7.92. The van der Waals surface area contributed by atoms with E-state index in [2.05, 4.69) is 10.0 Å². The lowest BCUT2D eigenvalue weighted by Gasteiger charge is -2.19.